The van der Waals surface area contributed by atoms with Gasteiger partial charge in [-0.25, -0.2) is 0 Å². The van der Waals surface area contributed by atoms with Gasteiger partial charge in [0.1, 0.15) is 0 Å². The first-order valence-corrected chi connectivity index (χ1v) is 8.48. The third kappa shape index (κ3) is 9.15. The highest BCUT2D eigenvalue weighted by molar-refractivity contribution is 14.0. The molecule has 7 heteroatoms. The number of nitrogens with zero attached hydrogens (tertiary/aromatic N) is 2. The third-order valence-corrected chi connectivity index (χ3v) is 3.81. The molecule has 1 rings (SSSR count). The van der Waals surface area contributed by atoms with Crippen molar-refractivity contribution in [3.63, 3.8) is 0 Å². The smallest absolute Gasteiger partial charge is 0.191 e. The van der Waals surface area contributed by atoms with Crippen molar-refractivity contribution in [1.82, 2.24) is 15.5 Å². The molecule has 0 unspecified atom stereocenters. The summed E-state index contributed by atoms with van der Waals surface area (Å²) in [5.41, 5.74) is 1.11. The Bertz CT molecular complexity index is 512. The molecule has 1 aromatic rings. The van der Waals surface area contributed by atoms with Gasteiger partial charge in [0.2, 0.25) is 0 Å². The highest BCUT2D eigenvalue weighted by atomic mass is 127. The summed E-state index contributed by atoms with van der Waals surface area (Å²) in [5, 5.41) is 6.65. The molecule has 1 aromatic carbocycles. The topological polar surface area (TPSA) is 58.1 Å². The predicted molar refractivity (Wildman–Crippen MR) is 116 cm³/mol. The number of halogens is 1. The molecule has 0 fully saturated rings. The fraction of sp³-hybridized carbons (Fsp3) is 0.611. The summed E-state index contributed by atoms with van der Waals surface area (Å²) >= 11 is 0. The van der Waals surface area contributed by atoms with Crippen molar-refractivity contribution in [2.75, 3.05) is 47.9 Å². The summed E-state index contributed by atoms with van der Waals surface area (Å²) in [6, 6.07) is 5.90. The summed E-state index contributed by atoms with van der Waals surface area (Å²) in [7, 11) is 7.21. The molecule has 0 aromatic heterocycles. The van der Waals surface area contributed by atoms with Gasteiger partial charge in [-0.2, -0.15) is 0 Å². The number of likely N-dealkylation sites (N-methyl/N-ethyl adjacent to an activating group) is 1. The molecular weight excluding hydrogens is 431 g/mol. The van der Waals surface area contributed by atoms with Crippen LogP contribution in [0.2, 0.25) is 0 Å². The minimum atomic E-state index is 0. The maximum Gasteiger partial charge on any atom is 0.191 e. The number of hydrogen-bond acceptors (Lipinski definition) is 4. The van der Waals surface area contributed by atoms with E-state index in [0.29, 0.717) is 6.54 Å². The lowest BCUT2D eigenvalue weighted by Crippen LogP contribution is -2.40. The number of ether oxygens (including phenoxy) is 2. The highest BCUT2D eigenvalue weighted by Crippen LogP contribution is 2.27. The zero-order valence-corrected chi connectivity index (χ0v) is 18.4. The van der Waals surface area contributed by atoms with Crippen molar-refractivity contribution in [3.05, 3.63) is 23.8 Å². The number of hydrogen-bond donors (Lipinski definition) is 2. The van der Waals surface area contributed by atoms with Crippen LogP contribution in [0.15, 0.2) is 23.2 Å². The first kappa shape index (κ1) is 23.8. The van der Waals surface area contributed by atoms with Crippen LogP contribution in [0.4, 0.5) is 0 Å². The van der Waals surface area contributed by atoms with E-state index in [2.05, 4.69) is 34.5 Å². The van der Waals surface area contributed by atoms with E-state index >= 15 is 0 Å². The van der Waals surface area contributed by atoms with Gasteiger partial charge in [-0.15, -0.1) is 24.0 Å². The van der Waals surface area contributed by atoms with Gasteiger partial charge < -0.3 is 25.0 Å². The Labute approximate surface area is 169 Å². The first-order valence-electron chi connectivity index (χ1n) is 8.48. The fourth-order valence-corrected chi connectivity index (χ4v) is 2.30. The summed E-state index contributed by atoms with van der Waals surface area (Å²) in [4.78, 5) is 6.59. The van der Waals surface area contributed by atoms with Gasteiger partial charge in [-0.1, -0.05) is 19.4 Å². The van der Waals surface area contributed by atoms with Crippen LogP contribution in [-0.2, 0) is 6.54 Å². The van der Waals surface area contributed by atoms with Crippen LogP contribution in [0.25, 0.3) is 0 Å². The van der Waals surface area contributed by atoms with Gasteiger partial charge in [0.15, 0.2) is 17.5 Å². The van der Waals surface area contributed by atoms with E-state index in [1.807, 2.05) is 18.2 Å². The highest BCUT2D eigenvalue weighted by Gasteiger charge is 2.05. The molecule has 2 N–H and O–H groups in total. The average molecular weight is 464 g/mol. The summed E-state index contributed by atoms with van der Waals surface area (Å²) in [6.45, 7) is 5.89. The zero-order chi connectivity index (χ0) is 17.8. The second-order valence-corrected chi connectivity index (χ2v) is 5.70. The Hall–Kier alpha value is -1.22. The molecule has 0 amide bonds. The fourth-order valence-electron chi connectivity index (χ4n) is 2.30. The summed E-state index contributed by atoms with van der Waals surface area (Å²) < 4.78 is 10.6. The van der Waals surface area contributed by atoms with Gasteiger partial charge in [-0.3, -0.25) is 4.99 Å². The summed E-state index contributed by atoms with van der Waals surface area (Å²) in [6.07, 6.45) is 2.47. The molecule has 0 saturated carbocycles. The SMILES string of the molecule is CCCCN(C)CCNC(=NC)NCc1ccc(OC)c(OC)c1.I. The summed E-state index contributed by atoms with van der Waals surface area (Å²) in [5.74, 6) is 2.27. The normalized spacial score (nSPS) is 11.0. The molecule has 0 atom stereocenters. The molecule has 0 saturated heterocycles. The minimum absolute atomic E-state index is 0. The van der Waals surface area contributed by atoms with E-state index in [0.717, 1.165) is 42.7 Å². The largest absolute Gasteiger partial charge is 0.493 e. The molecule has 6 nitrogen and oxygen atoms in total. The van der Waals surface area contributed by atoms with Crippen molar-refractivity contribution in [2.24, 2.45) is 4.99 Å². The van der Waals surface area contributed by atoms with Crippen LogP contribution in [0.5, 0.6) is 11.5 Å². The zero-order valence-electron chi connectivity index (χ0n) is 16.1. The predicted octanol–water partition coefficient (Wildman–Crippen LogP) is 2.72. The first-order chi connectivity index (χ1) is 11.6. The standard InChI is InChI=1S/C18H32N4O2.HI/c1-6-7-11-22(3)12-10-20-18(19-2)21-14-15-8-9-16(23-4)17(13-15)24-5;/h8-9,13H,6-7,10-12,14H2,1-5H3,(H2,19,20,21);1H. The van der Waals surface area contributed by atoms with Crippen molar-refractivity contribution < 1.29 is 9.47 Å². The van der Waals surface area contributed by atoms with Crippen molar-refractivity contribution >= 4 is 29.9 Å². The lowest BCUT2D eigenvalue weighted by atomic mass is 10.2. The molecule has 144 valence electrons. The molecule has 0 aliphatic rings. The monoisotopic (exact) mass is 464 g/mol. The van der Waals surface area contributed by atoms with Crippen molar-refractivity contribution in [1.29, 1.82) is 0 Å². The number of aliphatic imine (C=N–C) groups is 1. The third-order valence-electron chi connectivity index (χ3n) is 3.81. The van der Waals surface area contributed by atoms with Crippen LogP contribution in [0.1, 0.15) is 25.3 Å². The van der Waals surface area contributed by atoms with E-state index < -0.39 is 0 Å². The molecule has 0 heterocycles. The van der Waals surface area contributed by atoms with Gasteiger partial charge in [-0.05, 0) is 37.7 Å². The second kappa shape index (κ2) is 14.0. The Morgan fingerprint density at radius 3 is 2.44 bits per heavy atom. The van der Waals surface area contributed by atoms with Gasteiger partial charge in [0.05, 0.1) is 14.2 Å². The quantitative estimate of drug-likeness (QED) is 0.317. The Morgan fingerprint density at radius 2 is 1.84 bits per heavy atom. The number of unbranched alkanes of at least 4 members (excludes halogenated alkanes) is 1. The minimum Gasteiger partial charge on any atom is -0.493 e. The molecule has 0 radical (unpaired) electrons. The lowest BCUT2D eigenvalue weighted by Gasteiger charge is -2.18. The van der Waals surface area contributed by atoms with E-state index in [1.54, 1.807) is 21.3 Å². The van der Waals surface area contributed by atoms with Gasteiger partial charge in [0, 0.05) is 26.7 Å². The van der Waals surface area contributed by atoms with Crippen molar-refractivity contribution in [2.45, 2.75) is 26.3 Å². The Balaban J connectivity index is 0.00000576. The van der Waals surface area contributed by atoms with Crippen LogP contribution in [0.3, 0.4) is 0 Å². The Kier molecular flexibility index (Phi) is 13.3. The number of rotatable bonds is 10. The van der Waals surface area contributed by atoms with Crippen LogP contribution in [-0.4, -0.2) is 58.8 Å². The number of benzene rings is 1. The molecule has 25 heavy (non-hydrogen) atoms. The average Bonchev–Trinajstić information content (AvgIpc) is 2.62. The molecule has 0 spiro atoms. The lowest BCUT2D eigenvalue weighted by molar-refractivity contribution is 0.332. The van der Waals surface area contributed by atoms with E-state index in [1.165, 1.54) is 12.8 Å². The van der Waals surface area contributed by atoms with E-state index in [4.69, 9.17) is 9.47 Å². The van der Waals surface area contributed by atoms with Crippen LogP contribution >= 0.6 is 24.0 Å². The molecule has 0 aliphatic carbocycles. The maximum absolute atomic E-state index is 5.33. The van der Waals surface area contributed by atoms with E-state index in [9.17, 15) is 0 Å². The molecule has 0 aliphatic heterocycles. The van der Waals surface area contributed by atoms with Crippen molar-refractivity contribution in [3.8, 4) is 11.5 Å². The van der Waals surface area contributed by atoms with E-state index in [-0.39, 0.29) is 24.0 Å². The number of nitrogens with one attached hydrogen (secondary N) is 2. The molecule has 0 bridgehead atoms. The number of guanidine groups is 1. The molecular formula is C18H33IN4O2. The van der Waals surface area contributed by atoms with Crippen LogP contribution in [0, 0.1) is 0 Å². The maximum atomic E-state index is 5.33. The Morgan fingerprint density at radius 1 is 1.12 bits per heavy atom. The second-order valence-electron chi connectivity index (χ2n) is 5.70. The van der Waals surface area contributed by atoms with Gasteiger partial charge in [0.25, 0.3) is 0 Å². The van der Waals surface area contributed by atoms with Crippen LogP contribution < -0.4 is 20.1 Å². The number of methoxy groups -OCH3 is 2. The van der Waals surface area contributed by atoms with Gasteiger partial charge >= 0.3 is 0 Å².